The standard InChI is InChI=1S/C21H32FN2O17P/c1-20(30)15(26)21(10-22,41-16(20)24-5-4-14(25)23-17(24)27)11-38-42(31,39-12-36-18(28)34-8-6-32-2)40-13-37-19(29)35-9-7-33-3/h4-5,15-16,26,30H,6-13H2,1-3H3,(H,23,25,27). The molecule has 19 nitrogen and oxygen atoms in total. The average molecular weight is 634 g/mol. The van der Waals surface area contributed by atoms with Crippen LogP contribution >= 0.6 is 7.82 Å². The van der Waals surface area contributed by atoms with Crippen LogP contribution in [-0.2, 0) is 51.3 Å². The Bertz CT molecular complexity index is 1160. The highest BCUT2D eigenvalue weighted by molar-refractivity contribution is 7.48. The van der Waals surface area contributed by atoms with E-state index in [1.807, 2.05) is 4.98 Å². The lowest BCUT2D eigenvalue weighted by molar-refractivity contribution is -0.141. The lowest BCUT2D eigenvalue weighted by Crippen LogP contribution is -2.53. The zero-order valence-corrected chi connectivity index (χ0v) is 23.7. The van der Waals surface area contributed by atoms with Gasteiger partial charge in [0.15, 0.2) is 11.8 Å². The number of halogens is 1. The minimum Gasteiger partial charge on any atom is -0.432 e. The molecule has 1 saturated heterocycles. The number of carbonyl (C=O) groups is 2. The molecule has 1 aliphatic rings. The fourth-order valence-electron chi connectivity index (χ4n) is 3.36. The number of phosphoric acid groups is 1. The quantitative estimate of drug-likeness (QED) is 0.0851. The smallest absolute Gasteiger partial charge is 0.432 e. The highest BCUT2D eigenvalue weighted by Crippen LogP contribution is 2.52. The van der Waals surface area contributed by atoms with Gasteiger partial charge in [0, 0.05) is 26.5 Å². The summed E-state index contributed by atoms with van der Waals surface area (Å²) in [5.41, 5.74) is -6.70. The Labute approximate surface area is 236 Å². The first-order valence-corrected chi connectivity index (χ1v) is 13.4. The molecule has 1 aliphatic heterocycles. The second kappa shape index (κ2) is 16.1. The maximum Gasteiger partial charge on any atom is 0.510 e. The van der Waals surface area contributed by atoms with E-state index in [1.54, 1.807) is 0 Å². The van der Waals surface area contributed by atoms with Gasteiger partial charge in [0.1, 0.15) is 31.6 Å². The van der Waals surface area contributed by atoms with E-state index in [4.69, 9.17) is 27.8 Å². The molecule has 0 aliphatic carbocycles. The first-order chi connectivity index (χ1) is 19.8. The topological polar surface area (TPSA) is 239 Å². The number of nitrogens with zero attached hydrogens (tertiary/aromatic N) is 1. The second-order valence-corrected chi connectivity index (χ2v) is 10.2. The zero-order valence-electron chi connectivity index (χ0n) is 22.8. The Balaban J connectivity index is 2.17. The highest BCUT2D eigenvalue weighted by Gasteiger charge is 2.63. The number of carbonyl (C=O) groups excluding carboxylic acids is 2. The van der Waals surface area contributed by atoms with Gasteiger partial charge in [0.05, 0.1) is 19.8 Å². The molecule has 0 radical (unpaired) electrons. The summed E-state index contributed by atoms with van der Waals surface area (Å²) in [7, 11) is -2.24. The average Bonchev–Trinajstić information content (AvgIpc) is 3.13. The Kier molecular flexibility index (Phi) is 13.5. The Morgan fingerprint density at radius 3 is 2.05 bits per heavy atom. The highest BCUT2D eigenvalue weighted by atomic mass is 31.2. The monoisotopic (exact) mass is 634 g/mol. The van der Waals surface area contributed by atoms with Crippen LogP contribution in [0.15, 0.2) is 21.9 Å². The number of H-pyrrole nitrogens is 1. The Morgan fingerprint density at radius 1 is 1.02 bits per heavy atom. The van der Waals surface area contributed by atoms with Gasteiger partial charge in [-0.2, -0.15) is 0 Å². The summed E-state index contributed by atoms with van der Waals surface area (Å²) in [4.78, 5) is 48.8. The fourth-order valence-corrected chi connectivity index (χ4v) is 4.32. The molecule has 0 bridgehead atoms. The van der Waals surface area contributed by atoms with Crippen LogP contribution in [0, 0.1) is 0 Å². The minimum absolute atomic E-state index is 0.0437. The number of hydrogen-bond acceptors (Lipinski definition) is 17. The van der Waals surface area contributed by atoms with Crippen molar-refractivity contribution in [3.8, 4) is 0 Å². The summed E-state index contributed by atoms with van der Waals surface area (Å²) in [5.74, 6) is 0. The van der Waals surface area contributed by atoms with E-state index in [0.717, 1.165) is 19.2 Å². The second-order valence-electron chi connectivity index (χ2n) is 8.50. The Hall–Kier alpha value is -2.94. The summed E-state index contributed by atoms with van der Waals surface area (Å²) in [6.07, 6.45) is -5.50. The van der Waals surface area contributed by atoms with Crippen molar-refractivity contribution in [3.05, 3.63) is 33.1 Å². The number of ether oxygens (including phenoxy) is 7. The van der Waals surface area contributed by atoms with Crippen molar-refractivity contribution in [3.63, 3.8) is 0 Å². The van der Waals surface area contributed by atoms with Crippen LogP contribution < -0.4 is 11.2 Å². The SMILES string of the molecule is COCCOC(=O)OCOP(=O)(OCOC(=O)OCCOC)OCC1(CF)OC(n2ccc(=O)[nH]c2=O)C(C)(O)C1O. The van der Waals surface area contributed by atoms with Crippen LogP contribution in [0.25, 0.3) is 0 Å². The fraction of sp³-hybridized carbons (Fsp3) is 0.714. The molecular weight excluding hydrogens is 602 g/mol. The Morgan fingerprint density at radius 2 is 1.57 bits per heavy atom. The molecule has 4 unspecified atom stereocenters. The number of aromatic nitrogens is 2. The van der Waals surface area contributed by atoms with Gasteiger partial charge in [-0.1, -0.05) is 0 Å². The maximum atomic E-state index is 14.4. The third-order valence-corrected chi connectivity index (χ3v) is 6.77. The van der Waals surface area contributed by atoms with Gasteiger partial charge in [-0.3, -0.25) is 18.9 Å². The van der Waals surface area contributed by atoms with Crippen LogP contribution in [0.1, 0.15) is 13.2 Å². The summed E-state index contributed by atoms with van der Waals surface area (Å²) >= 11 is 0. The zero-order chi connectivity index (χ0) is 31.4. The maximum absolute atomic E-state index is 14.4. The van der Waals surface area contributed by atoms with E-state index in [-0.39, 0.29) is 26.4 Å². The molecule has 1 aromatic heterocycles. The lowest BCUT2D eigenvalue weighted by atomic mass is 9.88. The van der Waals surface area contributed by atoms with Crippen LogP contribution in [-0.4, -0.2) is 117 Å². The number of phosphoric ester groups is 1. The van der Waals surface area contributed by atoms with Crippen LogP contribution in [0.3, 0.4) is 0 Å². The number of aliphatic hydroxyl groups excluding tert-OH is 1. The van der Waals surface area contributed by atoms with Crippen molar-refractivity contribution < 1.29 is 75.5 Å². The van der Waals surface area contributed by atoms with Gasteiger partial charge in [-0.25, -0.2) is 32.4 Å². The summed E-state index contributed by atoms with van der Waals surface area (Å²) in [6.45, 7) is -4.24. The first kappa shape index (κ1) is 35.3. The molecule has 240 valence electrons. The molecule has 0 spiro atoms. The number of methoxy groups -OCH3 is 2. The predicted molar refractivity (Wildman–Crippen MR) is 131 cm³/mol. The van der Waals surface area contributed by atoms with Gasteiger partial charge >= 0.3 is 25.8 Å². The number of hydrogen-bond donors (Lipinski definition) is 3. The van der Waals surface area contributed by atoms with Crippen LogP contribution in [0.2, 0.25) is 0 Å². The number of rotatable bonds is 17. The van der Waals surface area contributed by atoms with Crippen molar-refractivity contribution in [2.45, 2.75) is 30.5 Å². The molecule has 0 saturated carbocycles. The first-order valence-electron chi connectivity index (χ1n) is 11.9. The van der Waals surface area contributed by atoms with Crippen molar-refractivity contribution in [2.24, 2.45) is 0 Å². The molecule has 2 heterocycles. The molecule has 1 aromatic rings. The number of aromatic amines is 1. The van der Waals surface area contributed by atoms with Crippen molar-refractivity contribution in [1.82, 2.24) is 9.55 Å². The van der Waals surface area contributed by atoms with Crippen LogP contribution in [0.5, 0.6) is 0 Å². The van der Waals surface area contributed by atoms with E-state index in [9.17, 15) is 38.3 Å². The number of alkyl halides is 1. The van der Waals surface area contributed by atoms with Gasteiger partial charge in [-0.05, 0) is 6.92 Å². The predicted octanol–water partition coefficient (Wildman–Crippen LogP) is -0.442. The van der Waals surface area contributed by atoms with E-state index >= 15 is 0 Å². The minimum atomic E-state index is -4.95. The van der Waals surface area contributed by atoms with Crippen molar-refractivity contribution in [2.75, 3.05) is 67.5 Å². The molecule has 21 heteroatoms. The molecule has 42 heavy (non-hydrogen) atoms. The summed E-state index contributed by atoms with van der Waals surface area (Å²) < 4.78 is 76.4. The number of aliphatic hydroxyl groups is 2. The molecule has 4 atom stereocenters. The van der Waals surface area contributed by atoms with Gasteiger partial charge in [0.25, 0.3) is 5.56 Å². The van der Waals surface area contributed by atoms with Crippen LogP contribution in [0.4, 0.5) is 14.0 Å². The van der Waals surface area contributed by atoms with E-state index in [2.05, 4.69) is 18.9 Å². The number of nitrogens with one attached hydrogen (secondary N) is 1. The van der Waals surface area contributed by atoms with Gasteiger partial charge in [-0.15, -0.1) is 0 Å². The molecule has 0 aromatic carbocycles. The van der Waals surface area contributed by atoms with Crippen molar-refractivity contribution in [1.29, 1.82) is 0 Å². The van der Waals surface area contributed by atoms with Crippen molar-refractivity contribution >= 4 is 20.1 Å². The lowest BCUT2D eigenvalue weighted by Gasteiger charge is -2.31. The summed E-state index contributed by atoms with van der Waals surface area (Å²) in [6, 6.07) is 0.912. The third kappa shape index (κ3) is 9.54. The van der Waals surface area contributed by atoms with E-state index in [0.29, 0.717) is 4.57 Å². The molecule has 2 rings (SSSR count). The third-order valence-electron chi connectivity index (χ3n) is 5.49. The molecule has 1 fully saturated rings. The van der Waals surface area contributed by atoms with E-state index in [1.165, 1.54) is 14.2 Å². The molecular formula is C21H32FN2O17P. The van der Waals surface area contributed by atoms with Gasteiger partial charge in [0.2, 0.25) is 13.6 Å². The van der Waals surface area contributed by atoms with Gasteiger partial charge < -0.3 is 43.4 Å². The van der Waals surface area contributed by atoms with E-state index < -0.39 is 81.8 Å². The molecule has 0 amide bonds. The summed E-state index contributed by atoms with van der Waals surface area (Å²) in [5, 5.41) is 21.7. The molecule has 3 N–H and O–H groups in total. The largest absolute Gasteiger partial charge is 0.510 e. The normalized spacial score (nSPS) is 23.9.